The number of benzene rings is 1. The molecule has 1 heterocycles. The molecule has 0 bridgehead atoms. The summed E-state index contributed by atoms with van der Waals surface area (Å²) in [4.78, 5) is 13.6. The van der Waals surface area contributed by atoms with Gasteiger partial charge >= 0.3 is 0 Å². The van der Waals surface area contributed by atoms with Crippen LogP contribution >= 0.6 is 0 Å². The zero-order chi connectivity index (χ0) is 13.5. The molecule has 2 rings (SSSR count). The van der Waals surface area contributed by atoms with E-state index in [0.717, 1.165) is 31.6 Å². The SMILES string of the molecule is O=C1CN(Cc2ccc(C#CCO)cc2)CCCN1. The molecule has 1 saturated heterocycles. The zero-order valence-corrected chi connectivity index (χ0v) is 10.9. The van der Waals surface area contributed by atoms with Gasteiger partial charge < -0.3 is 10.4 Å². The maximum atomic E-state index is 11.5. The fourth-order valence-electron chi connectivity index (χ4n) is 2.10. The molecule has 1 aliphatic rings. The average Bonchev–Trinajstić information content (AvgIpc) is 2.62. The van der Waals surface area contributed by atoms with Gasteiger partial charge in [-0.3, -0.25) is 9.69 Å². The van der Waals surface area contributed by atoms with Crippen molar-refractivity contribution in [3.63, 3.8) is 0 Å². The van der Waals surface area contributed by atoms with Gasteiger partial charge in [-0.1, -0.05) is 24.0 Å². The molecule has 0 unspecified atom stereocenters. The highest BCUT2D eigenvalue weighted by molar-refractivity contribution is 5.78. The standard InChI is InChI=1S/C15H18N2O2/c18-10-1-3-13-4-6-14(7-5-13)11-17-9-2-8-16-15(19)12-17/h4-7,18H,2,8-12H2,(H,16,19). The van der Waals surface area contributed by atoms with Crippen LogP contribution in [0.4, 0.5) is 0 Å². The predicted octanol–water partition coefficient (Wildman–Crippen LogP) is 0.352. The van der Waals surface area contributed by atoms with Gasteiger partial charge in [-0.2, -0.15) is 0 Å². The first-order valence-electron chi connectivity index (χ1n) is 6.45. The van der Waals surface area contributed by atoms with E-state index in [9.17, 15) is 4.79 Å². The van der Waals surface area contributed by atoms with Crippen LogP contribution < -0.4 is 5.32 Å². The molecule has 0 saturated carbocycles. The lowest BCUT2D eigenvalue weighted by molar-refractivity contribution is -0.121. The van der Waals surface area contributed by atoms with E-state index in [4.69, 9.17) is 5.11 Å². The minimum atomic E-state index is -0.120. The number of nitrogens with one attached hydrogen (secondary N) is 1. The summed E-state index contributed by atoms with van der Waals surface area (Å²) in [5.41, 5.74) is 2.07. The van der Waals surface area contributed by atoms with Gasteiger partial charge in [0.25, 0.3) is 0 Å². The Morgan fingerprint density at radius 2 is 2.11 bits per heavy atom. The second kappa shape index (κ2) is 6.93. The summed E-state index contributed by atoms with van der Waals surface area (Å²) < 4.78 is 0. The lowest BCUT2D eigenvalue weighted by Crippen LogP contribution is -2.32. The molecular weight excluding hydrogens is 240 g/mol. The van der Waals surface area contributed by atoms with E-state index in [1.165, 1.54) is 5.56 Å². The van der Waals surface area contributed by atoms with E-state index >= 15 is 0 Å². The highest BCUT2D eigenvalue weighted by atomic mass is 16.2. The summed E-state index contributed by atoms with van der Waals surface area (Å²) in [5.74, 6) is 5.59. The molecule has 1 aromatic carbocycles. The Morgan fingerprint density at radius 3 is 2.84 bits per heavy atom. The Hall–Kier alpha value is -1.83. The minimum Gasteiger partial charge on any atom is -0.384 e. The summed E-state index contributed by atoms with van der Waals surface area (Å²) in [6.45, 7) is 2.83. The van der Waals surface area contributed by atoms with E-state index in [0.29, 0.717) is 6.54 Å². The van der Waals surface area contributed by atoms with E-state index in [2.05, 4.69) is 22.1 Å². The van der Waals surface area contributed by atoms with E-state index in [1.807, 2.05) is 24.3 Å². The Balaban J connectivity index is 1.96. The summed E-state index contributed by atoms with van der Waals surface area (Å²) in [5, 5.41) is 11.5. The minimum absolute atomic E-state index is 0.0999. The second-order valence-corrected chi connectivity index (χ2v) is 4.57. The van der Waals surface area contributed by atoms with Gasteiger partial charge in [0, 0.05) is 25.2 Å². The topological polar surface area (TPSA) is 52.6 Å². The fourth-order valence-corrected chi connectivity index (χ4v) is 2.10. The largest absolute Gasteiger partial charge is 0.384 e. The first kappa shape index (κ1) is 13.6. The van der Waals surface area contributed by atoms with Crippen LogP contribution in [-0.4, -0.2) is 42.2 Å². The van der Waals surface area contributed by atoms with Gasteiger partial charge in [0.05, 0.1) is 6.54 Å². The summed E-state index contributed by atoms with van der Waals surface area (Å²) in [7, 11) is 0. The van der Waals surface area contributed by atoms with Crippen molar-refractivity contribution >= 4 is 5.91 Å². The molecule has 0 radical (unpaired) electrons. The van der Waals surface area contributed by atoms with Crippen molar-refractivity contribution in [1.82, 2.24) is 10.2 Å². The van der Waals surface area contributed by atoms with Crippen LogP contribution in [0.5, 0.6) is 0 Å². The molecule has 1 aliphatic heterocycles. The number of carbonyl (C=O) groups is 1. The van der Waals surface area contributed by atoms with Crippen LogP contribution in [0.3, 0.4) is 0 Å². The molecule has 0 atom stereocenters. The maximum absolute atomic E-state index is 11.5. The first-order valence-corrected chi connectivity index (χ1v) is 6.45. The number of amides is 1. The Morgan fingerprint density at radius 1 is 1.32 bits per heavy atom. The molecule has 4 heteroatoms. The van der Waals surface area contributed by atoms with Gasteiger partial charge in [-0.15, -0.1) is 0 Å². The smallest absolute Gasteiger partial charge is 0.234 e. The number of aliphatic hydroxyl groups excluding tert-OH is 1. The third-order valence-electron chi connectivity index (χ3n) is 3.01. The Labute approximate surface area is 113 Å². The number of carbonyl (C=O) groups excluding carboxylic acids is 1. The summed E-state index contributed by atoms with van der Waals surface area (Å²) >= 11 is 0. The Kier molecular flexibility index (Phi) is 4.96. The normalized spacial score (nSPS) is 16.2. The van der Waals surface area contributed by atoms with Crippen LogP contribution in [0.25, 0.3) is 0 Å². The van der Waals surface area contributed by atoms with Crippen LogP contribution in [0.15, 0.2) is 24.3 Å². The van der Waals surface area contributed by atoms with Crippen LogP contribution in [0, 0.1) is 11.8 Å². The van der Waals surface area contributed by atoms with Gasteiger partial charge in [-0.05, 0) is 24.1 Å². The third kappa shape index (κ3) is 4.40. The highest BCUT2D eigenvalue weighted by Crippen LogP contribution is 2.08. The van der Waals surface area contributed by atoms with Gasteiger partial charge in [-0.25, -0.2) is 0 Å². The maximum Gasteiger partial charge on any atom is 0.234 e. The lowest BCUT2D eigenvalue weighted by Gasteiger charge is -2.18. The van der Waals surface area contributed by atoms with Crippen molar-refractivity contribution in [2.75, 3.05) is 26.2 Å². The van der Waals surface area contributed by atoms with Crippen LogP contribution in [0.1, 0.15) is 17.5 Å². The van der Waals surface area contributed by atoms with Crippen molar-refractivity contribution in [1.29, 1.82) is 0 Å². The molecule has 1 amide bonds. The molecule has 19 heavy (non-hydrogen) atoms. The van der Waals surface area contributed by atoms with Crippen molar-refractivity contribution in [3.05, 3.63) is 35.4 Å². The molecule has 2 N–H and O–H groups in total. The summed E-state index contributed by atoms with van der Waals surface area (Å²) in [6.07, 6.45) is 0.992. The molecule has 1 aromatic rings. The van der Waals surface area contributed by atoms with Gasteiger partial charge in [0.2, 0.25) is 5.91 Å². The zero-order valence-electron chi connectivity index (χ0n) is 10.9. The number of hydrogen-bond donors (Lipinski definition) is 2. The monoisotopic (exact) mass is 258 g/mol. The number of nitrogens with zero attached hydrogens (tertiary/aromatic N) is 1. The lowest BCUT2D eigenvalue weighted by atomic mass is 10.1. The summed E-state index contributed by atoms with van der Waals surface area (Å²) in [6, 6.07) is 7.92. The fraction of sp³-hybridized carbons (Fsp3) is 0.400. The van der Waals surface area contributed by atoms with E-state index in [1.54, 1.807) is 0 Å². The number of hydrogen-bond acceptors (Lipinski definition) is 3. The van der Waals surface area contributed by atoms with E-state index < -0.39 is 0 Å². The molecule has 0 aromatic heterocycles. The number of rotatable bonds is 2. The first-order chi connectivity index (χ1) is 9.28. The second-order valence-electron chi connectivity index (χ2n) is 4.57. The van der Waals surface area contributed by atoms with Crippen LogP contribution in [0.2, 0.25) is 0 Å². The van der Waals surface area contributed by atoms with Crippen LogP contribution in [-0.2, 0) is 11.3 Å². The number of aliphatic hydroxyl groups is 1. The molecule has 100 valence electrons. The van der Waals surface area contributed by atoms with Gasteiger partial charge in [0.15, 0.2) is 0 Å². The van der Waals surface area contributed by atoms with E-state index in [-0.39, 0.29) is 12.5 Å². The molecule has 4 nitrogen and oxygen atoms in total. The third-order valence-corrected chi connectivity index (χ3v) is 3.01. The quantitative estimate of drug-likeness (QED) is 0.753. The average molecular weight is 258 g/mol. The molecule has 1 fully saturated rings. The molecular formula is C15H18N2O2. The van der Waals surface area contributed by atoms with Crippen molar-refractivity contribution in [2.24, 2.45) is 0 Å². The van der Waals surface area contributed by atoms with Crippen molar-refractivity contribution < 1.29 is 9.90 Å². The predicted molar refractivity (Wildman–Crippen MR) is 73.3 cm³/mol. The Bertz CT molecular complexity index is 485. The van der Waals surface area contributed by atoms with Crippen molar-refractivity contribution in [3.8, 4) is 11.8 Å². The highest BCUT2D eigenvalue weighted by Gasteiger charge is 2.14. The molecule has 0 spiro atoms. The molecule has 0 aliphatic carbocycles. The van der Waals surface area contributed by atoms with Crippen molar-refractivity contribution in [2.45, 2.75) is 13.0 Å². The van der Waals surface area contributed by atoms with Gasteiger partial charge in [0.1, 0.15) is 6.61 Å².